The fourth-order valence-electron chi connectivity index (χ4n) is 1.54. The maximum atomic E-state index is 5.88. The van der Waals surface area contributed by atoms with Crippen LogP contribution in [0.3, 0.4) is 0 Å². The molecule has 0 atom stereocenters. The highest BCUT2D eigenvalue weighted by atomic mass is 16.5. The van der Waals surface area contributed by atoms with Gasteiger partial charge in [-0.05, 0) is 45.4 Å². The van der Waals surface area contributed by atoms with E-state index in [-0.39, 0.29) is 11.0 Å². The van der Waals surface area contributed by atoms with Crippen molar-refractivity contribution in [3.8, 4) is 5.75 Å². The second-order valence-electron chi connectivity index (χ2n) is 6.87. The van der Waals surface area contributed by atoms with E-state index in [4.69, 9.17) is 4.74 Å². The summed E-state index contributed by atoms with van der Waals surface area (Å²) in [5, 5.41) is 3.53. The van der Waals surface area contributed by atoms with Gasteiger partial charge < -0.3 is 10.1 Å². The standard InChI is InChI=1S/C16H27NO/c1-13-8-7-9-14(10-13)18-12-16(5,6)11-17-15(2,3)4/h7-10,17H,11-12H2,1-6H3. The second kappa shape index (κ2) is 5.75. The highest BCUT2D eigenvalue weighted by Gasteiger charge is 2.21. The van der Waals surface area contributed by atoms with Gasteiger partial charge in [0.1, 0.15) is 5.75 Å². The van der Waals surface area contributed by atoms with Crippen LogP contribution in [0.15, 0.2) is 24.3 Å². The molecule has 0 aromatic heterocycles. The smallest absolute Gasteiger partial charge is 0.119 e. The van der Waals surface area contributed by atoms with E-state index < -0.39 is 0 Å². The van der Waals surface area contributed by atoms with E-state index in [1.807, 2.05) is 12.1 Å². The lowest BCUT2D eigenvalue weighted by Crippen LogP contribution is -2.43. The van der Waals surface area contributed by atoms with Crippen molar-refractivity contribution in [2.45, 2.75) is 47.1 Å². The van der Waals surface area contributed by atoms with Crippen LogP contribution in [-0.4, -0.2) is 18.7 Å². The molecule has 0 heterocycles. The van der Waals surface area contributed by atoms with Crippen molar-refractivity contribution in [3.63, 3.8) is 0 Å². The lowest BCUT2D eigenvalue weighted by molar-refractivity contribution is 0.166. The summed E-state index contributed by atoms with van der Waals surface area (Å²) in [7, 11) is 0. The average Bonchev–Trinajstić information content (AvgIpc) is 2.24. The Kier molecular flexibility index (Phi) is 4.80. The van der Waals surface area contributed by atoms with Gasteiger partial charge in [0.15, 0.2) is 0 Å². The molecule has 0 saturated carbocycles. The third kappa shape index (κ3) is 6.06. The summed E-state index contributed by atoms with van der Waals surface area (Å²) in [5.41, 5.74) is 1.51. The molecule has 0 radical (unpaired) electrons. The van der Waals surface area contributed by atoms with Gasteiger partial charge in [-0.25, -0.2) is 0 Å². The van der Waals surface area contributed by atoms with Gasteiger partial charge in [0.2, 0.25) is 0 Å². The number of rotatable bonds is 5. The van der Waals surface area contributed by atoms with Crippen molar-refractivity contribution in [2.75, 3.05) is 13.2 Å². The largest absolute Gasteiger partial charge is 0.493 e. The summed E-state index contributed by atoms with van der Waals surface area (Å²) < 4.78 is 5.88. The molecule has 1 aromatic rings. The minimum absolute atomic E-state index is 0.122. The van der Waals surface area contributed by atoms with Gasteiger partial charge in [-0.1, -0.05) is 26.0 Å². The summed E-state index contributed by atoms with van der Waals surface area (Å²) in [6.45, 7) is 14.8. The maximum Gasteiger partial charge on any atom is 0.119 e. The van der Waals surface area contributed by atoms with Crippen LogP contribution >= 0.6 is 0 Å². The zero-order chi connectivity index (χ0) is 13.8. The molecule has 102 valence electrons. The molecule has 18 heavy (non-hydrogen) atoms. The fraction of sp³-hybridized carbons (Fsp3) is 0.625. The van der Waals surface area contributed by atoms with Crippen LogP contribution in [0.4, 0.5) is 0 Å². The molecule has 0 aliphatic rings. The highest BCUT2D eigenvalue weighted by Crippen LogP contribution is 2.19. The van der Waals surface area contributed by atoms with E-state index in [2.05, 4.69) is 59.0 Å². The van der Waals surface area contributed by atoms with E-state index in [0.717, 1.165) is 18.9 Å². The van der Waals surface area contributed by atoms with Crippen LogP contribution in [0.2, 0.25) is 0 Å². The first-order valence-corrected chi connectivity index (χ1v) is 6.62. The topological polar surface area (TPSA) is 21.3 Å². The maximum absolute atomic E-state index is 5.88. The molecule has 0 aliphatic heterocycles. The Morgan fingerprint density at radius 2 is 1.78 bits per heavy atom. The molecule has 0 unspecified atom stereocenters. The molecule has 0 amide bonds. The minimum atomic E-state index is 0.122. The molecule has 0 bridgehead atoms. The zero-order valence-electron chi connectivity index (χ0n) is 12.6. The van der Waals surface area contributed by atoms with E-state index >= 15 is 0 Å². The van der Waals surface area contributed by atoms with Crippen LogP contribution < -0.4 is 10.1 Å². The van der Waals surface area contributed by atoms with Crippen LogP contribution in [0.25, 0.3) is 0 Å². The number of nitrogens with one attached hydrogen (secondary N) is 1. The van der Waals surface area contributed by atoms with E-state index in [9.17, 15) is 0 Å². The first-order chi connectivity index (χ1) is 8.18. The summed E-state index contributed by atoms with van der Waals surface area (Å²) in [5.74, 6) is 0.957. The monoisotopic (exact) mass is 249 g/mol. The number of ether oxygens (including phenoxy) is 1. The van der Waals surface area contributed by atoms with Gasteiger partial charge >= 0.3 is 0 Å². The van der Waals surface area contributed by atoms with Crippen molar-refractivity contribution < 1.29 is 4.74 Å². The Morgan fingerprint density at radius 3 is 2.33 bits per heavy atom. The Bertz CT molecular complexity index is 377. The van der Waals surface area contributed by atoms with Gasteiger partial charge in [0.25, 0.3) is 0 Å². The van der Waals surface area contributed by atoms with Crippen LogP contribution in [0.5, 0.6) is 5.75 Å². The second-order valence-corrected chi connectivity index (χ2v) is 6.87. The van der Waals surface area contributed by atoms with E-state index in [1.165, 1.54) is 5.56 Å². The molecule has 0 saturated heterocycles. The number of hydrogen-bond acceptors (Lipinski definition) is 2. The fourth-order valence-corrected chi connectivity index (χ4v) is 1.54. The summed E-state index contributed by atoms with van der Waals surface area (Å²) >= 11 is 0. The van der Waals surface area contributed by atoms with Crippen molar-refractivity contribution in [1.82, 2.24) is 5.32 Å². The van der Waals surface area contributed by atoms with Gasteiger partial charge in [-0.2, -0.15) is 0 Å². The van der Waals surface area contributed by atoms with Crippen LogP contribution in [0.1, 0.15) is 40.2 Å². The molecular formula is C16H27NO. The molecule has 0 spiro atoms. The molecule has 0 fully saturated rings. The molecule has 1 N–H and O–H groups in total. The van der Waals surface area contributed by atoms with Gasteiger partial charge in [0, 0.05) is 17.5 Å². The lowest BCUT2D eigenvalue weighted by Gasteiger charge is -2.30. The van der Waals surface area contributed by atoms with Crippen molar-refractivity contribution in [3.05, 3.63) is 29.8 Å². The third-order valence-electron chi connectivity index (χ3n) is 2.72. The molecular weight excluding hydrogens is 222 g/mol. The van der Waals surface area contributed by atoms with Gasteiger partial charge in [0.05, 0.1) is 6.61 Å². The number of hydrogen-bond donors (Lipinski definition) is 1. The Labute approximate surface area is 112 Å². The number of aryl methyl sites for hydroxylation is 1. The predicted molar refractivity (Wildman–Crippen MR) is 78.2 cm³/mol. The average molecular weight is 249 g/mol. The normalized spacial score (nSPS) is 12.6. The van der Waals surface area contributed by atoms with Crippen molar-refractivity contribution in [2.24, 2.45) is 5.41 Å². The minimum Gasteiger partial charge on any atom is -0.493 e. The lowest BCUT2D eigenvalue weighted by atomic mass is 9.93. The Hall–Kier alpha value is -1.02. The molecule has 1 aromatic carbocycles. The highest BCUT2D eigenvalue weighted by molar-refractivity contribution is 5.27. The summed E-state index contributed by atoms with van der Waals surface area (Å²) in [4.78, 5) is 0. The molecule has 0 aliphatic carbocycles. The Morgan fingerprint density at radius 1 is 1.11 bits per heavy atom. The van der Waals surface area contributed by atoms with Crippen LogP contribution in [-0.2, 0) is 0 Å². The predicted octanol–water partition coefficient (Wildman–Crippen LogP) is 3.79. The summed E-state index contributed by atoms with van der Waals surface area (Å²) in [6, 6.07) is 8.21. The first kappa shape index (κ1) is 15.0. The third-order valence-corrected chi connectivity index (χ3v) is 2.72. The van der Waals surface area contributed by atoms with Crippen molar-refractivity contribution >= 4 is 0 Å². The molecule has 2 nitrogen and oxygen atoms in total. The summed E-state index contributed by atoms with van der Waals surface area (Å²) in [6.07, 6.45) is 0. The van der Waals surface area contributed by atoms with Crippen LogP contribution in [0, 0.1) is 12.3 Å². The molecule has 2 heteroatoms. The van der Waals surface area contributed by atoms with Gasteiger partial charge in [-0.15, -0.1) is 0 Å². The molecule has 1 rings (SSSR count). The zero-order valence-corrected chi connectivity index (χ0v) is 12.6. The van der Waals surface area contributed by atoms with Crippen molar-refractivity contribution in [1.29, 1.82) is 0 Å². The SMILES string of the molecule is Cc1cccc(OCC(C)(C)CNC(C)(C)C)c1. The Balaban J connectivity index is 2.46. The van der Waals surface area contributed by atoms with E-state index in [0.29, 0.717) is 0 Å². The number of benzene rings is 1. The van der Waals surface area contributed by atoms with E-state index in [1.54, 1.807) is 0 Å². The quantitative estimate of drug-likeness (QED) is 0.857. The first-order valence-electron chi connectivity index (χ1n) is 6.62. The van der Waals surface area contributed by atoms with Gasteiger partial charge in [-0.3, -0.25) is 0 Å².